The van der Waals surface area contributed by atoms with Gasteiger partial charge in [-0.3, -0.25) is 15.0 Å². The molecule has 0 spiro atoms. The third kappa shape index (κ3) is 2.86. The van der Waals surface area contributed by atoms with Crippen LogP contribution >= 0.6 is 11.3 Å². The van der Waals surface area contributed by atoms with Gasteiger partial charge in [0.2, 0.25) is 5.88 Å². The highest BCUT2D eigenvalue weighted by Gasteiger charge is 2.12. The van der Waals surface area contributed by atoms with Gasteiger partial charge >= 0.3 is 0 Å². The first-order valence-electron chi connectivity index (χ1n) is 5.77. The van der Waals surface area contributed by atoms with Gasteiger partial charge in [0.05, 0.1) is 18.5 Å². The van der Waals surface area contributed by atoms with Crippen molar-refractivity contribution < 1.29 is 9.53 Å². The second-order valence-corrected chi connectivity index (χ2v) is 5.29. The van der Waals surface area contributed by atoms with Crippen LogP contribution in [0.3, 0.4) is 0 Å². The van der Waals surface area contributed by atoms with Crippen LogP contribution in [0.5, 0.6) is 5.88 Å². The van der Waals surface area contributed by atoms with Crippen LogP contribution in [0.4, 0.5) is 0 Å². The molecule has 0 aliphatic carbocycles. The zero-order valence-electron chi connectivity index (χ0n) is 11.0. The SMILES string of the molecule is COc1ccc(=O)n(Cc2cc(C(=O)NN)sc2C)n1. The predicted molar refractivity (Wildman–Crippen MR) is 74.9 cm³/mol. The molecule has 0 aliphatic rings. The Morgan fingerprint density at radius 1 is 1.55 bits per heavy atom. The lowest BCUT2D eigenvalue weighted by molar-refractivity contribution is 0.0957. The molecule has 0 bridgehead atoms. The van der Waals surface area contributed by atoms with Crippen LogP contribution in [-0.2, 0) is 6.54 Å². The second-order valence-electron chi connectivity index (χ2n) is 4.04. The van der Waals surface area contributed by atoms with Crippen LogP contribution in [0.2, 0.25) is 0 Å². The van der Waals surface area contributed by atoms with Gasteiger partial charge in [0.15, 0.2) is 0 Å². The van der Waals surface area contributed by atoms with Crippen LogP contribution in [0.25, 0.3) is 0 Å². The lowest BCUT2D eigenvalue weighted by atomic mass is 10.2. The molecule has 1 amide bonds. The Labute approximate surface area is 119 Å². The van der Waals surface area contributed by atoms with Gasteiger partial charge in [0.25, 0.3) is 11.5 Å². The van der Waals surface area contributed by atoms with Crippen molar-refractivity contribution in [3.05, 3.63) is 43.9 Å². The molecule has 106 valence electrons. The number of methoxy groups -OCH3 is 1. The number of rotatable bonds is 4. The Morgan fingerprint density at radius 2 is 2.30 bits per heavy atom. The number of hydrogen-bond donors (Lipinski definition) is 2. The largest absolute Gasteiger partial charge is 0.480 e. The van der Waals surface area contributed by atoms with Gasteiger partial charge in [0, 0.05) is 17.0 Å². The quantitative estimate of drug-likeness (QED) is 0.479. The number of carbonyl (C=O) groups is 1. The minimum Gasteiger partial charge on any atom is -0.480 e. The monoisotopic (exact) mass is 294 g/mol. The van der Waals surface area contributed by atoms with Gasteiger partial charge in [-0.1, -0.05) is 0 Å². The summed E-state index contributed by atoms with van der Waals surface area (Å²) in [6, 6.07) is 4.60. The van der Waals surface area contributed by atoms with E-state index in [0.29, 0.717) is 10.8 Å². The maximum absolute atomic E-state index is 11.7. The summed E-state index contributed by atoms with van der Waals surface area (Å²) in [7, 11) is 1.48. The number of nitrogens with two attached hydrogens (primary N) is 1. The van der Waals surface area contributed by atoms with Crippen molar-refractivity contribution in [2.75, 3.05) is 7.11 Å². The van der Waals surface area contributed by atoms with Crippen molar-refractivity contribution in [2.45, 2.75) is 13.5 Å². The molecule has 0 saturated carbocycles. The van der Waals surface area contributed by atoms with Gasteiger partial charge in [-0.2, -0.15) is 0 Å². The van der Waals surface area contributed by atoms with Crippen LogP contribution < -0.4 is 21.6 Å². The van der Waals surface area contributed by atoms with Gasteiger partial charge < -0.3 is 4.74 Å². The predicted octanol–water partition coefficient (Wildman–Crippen LogP) is 0.274. The number of nitrogen functional groups attached to an aromatic ring is 1. The van der Waals surface area contributed by atoms with Gasteiger partial charge in [0.1, 0.15) is 0 Å². The first-order chi connectivity index (χ1) is 9.55. The lowest BCUT2D eigenvalue weighted by Crippen LogP contribution is -2.29. The fourth-order valence-electron chi connectivity index (χ4n) is 1.67. The highest BCUT2D eigenvalue weighted by Crippen LogP contribution is 2.22. The third-order valence-corrected chi connectivity index (χ3v) is 3.84. The Kier molecular flexibility index (Phi) is 4.16. The molecule has 0 aromatic carbocycles. The highest BCUT2D eigenvalue weighted by molar-refractivity contribution is 7.14. The average molecular weight is 294 g/mol. The van der Waals surface area contributed by atoms with E-state index in [1.807, 2.05) is 6.92 Å². The number of aromatic nitrogens is 2. The normalized spacial score (nSPS) is 10.3. The molecule has 2 heterocycles. The second kappa shape index (κ2) is 5.85. The molecular formula is C12H14N4O3S. The van der Waals surface area contributed by atoms with Crippen molar-refractivity contribution in [3.63, 3.8) is 0 Å². The molecule has 0 saturated heterocycles. The molecule has 2 aromatic rings. The number of ether oxygens (including phenoxy) is 1. The van der Waals surface area contributed by atoms with E-state index < -0.39 is 0 Å². The zero-order chi connectivity index (χ0) is 14.7. The smallest absolute Gasteiger partial charge is 0.275 e. The average Bonchev–Trinajstić information content (AvgIpc) is 2.81. The topological polar surface area (TPSA) is 99.2 Å². The summed E-state index contributed by atoms with van der Waals surface area (Å²) in [5.74, 6) is 5.11. The minimum atomic E-state index is -0.352. The number of aryl methyl sites for hydroxylation is 1. The van der Waals surface area contributed by atoms with E-state index in [1.165, 1.54) is 35.3 Å². The van der Waals surface area contributed by atoms with E-state index in [1.54, 1.807) is 6.07 Å². The van der Waals surface area contributed by atoms with Crippen molar-refractivity contribution >= 4 is 17.2 Å². The summed E-state index contributed by atoms with van der Waals surface area (Å²) in [6.45, 7) is 2.15. The summed E-state index contributed by atoms with van der Waals surface area (Å²) in [5.41, 5.74) is 2.69. The summed E-state index contributed by atoms with van der Waals surface area (Å²) in [6.07, 6.45) is 0. The fourth-order valence-corrected chi connectivity index (χ4v) is 2.61. The first kappa shape index (κ1) is 14.2. The van der Waals surface area contributed by atoms with E-state index in [9.17, 15) is 9.59 Å². The number of amides is 1. The Morgan fingerprint density at radius 3 is 2.95 bits per heavy atom. The molecule has 0 atom stereocenters. The van der Waals surface area contributed by atoms with E-state index in [4.69, 9.17) is 10.6 Å². The maximum Gasteiger partial charge on any atom is 0.275 e. The van der Waals surface area contributed by atoms with Gasteiger partial charge in [-0.15, -0.1) is 16.4 Å². The number of hydrazine groups is 1. The van der Waals surface area contributed by atoms with Crippen molar-refractivity contribution in [1.29, 1.82) is 0 Å². The Hall–Kier alpha value is -2.19. The van der Waals surface area contributed by atoms with Crippen molar-refractivity contribution in [2.24, 2.45) is 5.84 Å². The molecule has 20 heavy (non-hydrogen) atoms. The number of thiophene rings is 1. The summed E-state index contributed by atoms with van der Waals surface area (Å²) in [4.78, 5) is 24.6. The molecule has 7 nitrogen and oxygen atoms in total. The van der Waals surface area contributed by atoms with Crippen LogP contribution in [0.15, 0.2) is 23.0 Å². The molecule has 2 rings (SSSR count). The fraction of sp³-hybridized carbons (Fsp3) is 0.250. The minimum absolute atomic E-state index is 0.235. The molecule has 8 heteroatoms. The van der Waals surface area contributed by atoms with Gasteiger partial charge in [-0.25, -0.2) is 10.5 Å². The van der Waals surface area contributed by atoms with E-state index >= 15 is 0 Å². The number of carbonyl (C=O) groups excluding carboxylic acids is 1. The van der Waals surface area contributed by atoms with Crippen LogP contribution in [-0.4, -0.2) is 22.8 Å². The number of nitrogens with zero attached hydrogens (tertiary/aromatic N) is 2. The molecule has 2 aromatic heterocycles. The summed E-state index contributed by atoms with van der Waals surface area (Å²) < 4.78 is 6.28. The number of nitrogens with one attached hydrogen (secondary N) is 1. The molecule has 3 N–H and O–H groups in total. The maximum atomic E-state index is 11.7. The van der Waals surface area contributed by atoms with E-state index in [0.717, 1.165) is 10.4 Å². The number of hydrogen-bond acceptors (Lipinski definition) is 6. The first-order valence-corrected chi connectivity index (χ1v) is 6.59. The van der Waals surface area contributed by atoms with Crippen molar-refractivity contribution in [3.8, 4) is 5.88 Å². The summed E-state index contributed by atoms with van der Waals surface area (Å²) in [5, 5.41) is 4.06. The van der Waals surface area contributed by atoms with Crippen LogP contribution in [0, 0.1) is 6.92 Å². The lowest BCUT2D eigenvalue weighted by Gasteiger charge is -2.05. The van der Waals surface area contributed by atoms with Crippen molar-refractivity contribution in [1.82, 2.24) is 15.2 Å². The molecule has 0 unspecified atom stereocenters. The standard InChI is InChI=1S/C12H14N4O3S/c1-7-8(5-9(20-7)12(18)14-13)6-16-11(17)4-3-10(15-16)19-2/h3-5H,6,13H2,1-2H3,(H,14,18). The summed E-state index contributed by atoms with van der Waals surface area (Å²) >= 11 is 1.32. The molecule has 0 fully saturated rings. The highest BCUT2D eigenvalue weighted by atomic mass is 32.1. The van der Waals surface area contributed by atoms with E-state index in [-0.39, 0.29) is 18.0 Å². The third-order valence-electron chi connectivity index (χ3n) is 2.75. The zero-order valence-corrected chi connectivity index (χ0v) is 11.9. The van der Waals surface area contributed by atoms with Crippen LogP contribution in [0.1, 0.15) is 20.1 Å². The molecule has 0 radical (unpaired) electrons. The Bertz CT molecular complexity index is 692. The molecule has 0 aliphatic heterocycles. The Balaban J connectivity index is 2.33. The van der Waals surface area contributed by atoms with Gasteiger partial charge in [-0.05, 0) is 18.6 Å². The molecular weight excluding hydrogens is 280 g/mol. The van der Waals surface area contributed by atoms with E-state index in [2.05, 4.69) is 10.5 Å².